The van der Waals surface area contributed by atoms with Crippen LogP contribution >= 0.6 is 0 Å². The van der Waals surface area contributed by atoms with Gasteiger partial charge in [0.15, 0.2) is 0 Å². The first-order chi connectivity index (χ1) is 9.20. The molecule has 1 unspecified atom stereocenters. The van der Waals surface area contributed by atoms with Gasteiger partial charge < -0.3 is 5.32 Å². The van der Waals surface area contributed by atoms with E-state index in [2.05, 4.69) is 5.32 Å². The van der Waals surface area contributed by atoms with Crippen LogP contribution in [0.25, 0.3) is 0 Å². The van der Waals surface area contributed by atoms with Crippen molar-refractivity contribution in [2.45, 2.75) is 38.1 Å². The molecule has 0 heterocycles. The summed E-state index contributed by atoms with van der Waals surface area (Å²) in [6, 6.07) is 8.42. The van der Waals surface area contributed by atoms with E-state index in [0.717, 1.165) is 25.7 Å². The van der Waals surface area contributed by atoms with Crippen LogP contribution in [0.3, 0.4) is 0 Å². The van der Waals surface area contributed by atoms with Crippen molar-refractivity contribution in [1.29, 1.82) is 5.26 Å². The molecule has 1 amide bonds. The maximum absolute atomic E-state index is 13.5. The number of nitriles is 1. The van der Waals surface area contributed by atoms with Gasteiger partial charge in [0.05, 0.1) is 6.07 Å². The number of carbonyl (C=O) groups excluding carboxylic acids is 1. The smallest absolute Gasteiger partial charge is 0.237 e. The maximum atomic E-state index is 13.5. The maximum Gasteiger partial charge on any atom is 0.237 e. The van der Waals surface area contributed by atoms with E-state index in [4.69, 9.17) is 5.26 Å². The van der Waals surface area contributed by atoms with Gasteiger partial charge >= 0.3 is 0 Å². The molecule has 1 aromatic rings. The molecule has 0 saturated heterocycles. The Hall–Kier alpha value is -1.89. The molecule has 0 radical (unpaired) electrons. The van der Waals surface area contributed by atoms with Crippen LogP contribution in [-0.2, 0) is 11.2 Å². The molecule has 0 aromatic heterocycles. The van der Waals surface area contributed by atoms with Crippen molar-refractivity contribution in [3.8, 4) is 6.07 Å². The van der Waals surface area contributed by atoms with E-state index in [0.29, 0.717) is 5.56 Å². The summed E-state index contributed by atoms with van der Waals surface area (Å²) < 4.78 is 13.5. The van der Waals surface area contributed by atoms with Gasteiger partial charge in [-0.25, -0.2) is 4.39 Å². The zero-order chi connectivity index (χ0) is 13.7. The Morgan fingerprint density at radius 2 is 2.11 bits per heavy atom. The molecule has 1 fully saturated rings. The van der Waals surface area contributed by atoms with Gasteiger partial charge in [0.1, 0.15) is 11.7 Å². The number of hydrogen-bond acceptors (Lipinski definition) is 2. The van der Waals surface area contributed by atoms with Crippen molar-refractivity contribution < 1.29 is 9.18 Å². The summed E-state index contributed by atoms with van der Waals surface area (Å²) in [4.78, 5) is 12.0. The standard InChI is InChI=1S/C15H17FN2O/c16-14-8-4-1-5-11(14)9-12(10-17)15(19)18-13-6-2-3-7-13/h1,4-5,8,12-13H,2-3,6-7,9H2,(H,18,19). The SMILES string of the molecule is N#CC(Cc1ccccc1F)C(=O)NC1CCCC1. The van der Waals surface area contributed by atoms with Gasteiger partial charge in [-0.05, 0) is 24.5 Å². The second kappa shape index (κ2) is 6.33. The number of amides is 1. The van der Waals surface area contributed by atoms with Crippen molar-refractivity contribution in [1.82, 2.24) is 5.32 Å². The van der Waals surface area contributed by atoms with E-state index in [9.17, 15) is 9.18 Å². The molecule has 3 nitrogen and oxygen atoms in total. The summed E-state index contributed by atoms with van der Waals surface area (Å²) in [5, 5.41) is 12.0. The minimum absolute atomic E-state index is 0.127. The molecule has 0 aliphatic heterocycles. The van der Waals surface area contributed by atoms with E-state index < -0.39 is 5.92 Å². The van der Waals surface area contributed by atoms with Crippen LogP contribution in [0.4, 0.5) is 4.39 Å². The Labute approximate surface area is 112 Å². The van der Waals surface area contributed by atoms with Crippen molar-refractivity contribution in [3.63, 3.8) is 0 Å². The second-order valence-corrected chi connectivity index (χ2v) is 4.97. The average molecular weight is 260 g/mol. The number of rotatable bonds is 4. The van der Waals surface area contributed by atoms with E-state index in [-0.39, 0.29) is 24.2 Å². The zero-order valence-corrected chi connectivity index (χ0v) is 10.7. The van der Waals surface area contributed by atoms with Crippen molar-refractivity contribution >= 4 is 5.91 Å². The lowest BCUT2D eigenvalue weighted by molar-refractivity contribution is -0.124. The molecule has 1 aromatic carbocycles. The van der Waals surface area contributed by atoms with Crippen LogP contribution in [0.2, 0.25) is 0 Å². The number of halogens is 1. The third-order valence-electron chi connectivity index (χ3n) is 3.56. The van der Waals surface area contributed by atoms with Crippen molar-refractivity contribution in [2.24, 2.45) is 5.92 Å². The van der Waals surface area contributed by atoms with Gasteiger partial charge in [0.25, 0.3) is 0 Å². The molecular weight excluding hydrogens is 243 g/mol. The van der Waals surface area contributed by atoms with Crippen LogP contribution in [0, 0.1) is 23.1 Å². The van der Waals surface area contributed by atoms with E-state index in [1.165, 1.54) is 6.07 Å². The fraction of sp³-hybridized carbons (Fsp3) is 0.467. The Balaban J connectivity index is 1.98. The summed E-state index contributed by atoms with van der Waals surface area (Å²) in [6.45, 7) is 0. The minimum Gasteiger partial charge on any atom is -0.352 e. The molecule has 0 bridgehead atoms. The molecule has 19 heavy (non-hydrogen) atoms. The first-order valence-corrected chi connectivity index (χ1v) is 6.64. The van der Waals surface area contributed by atoms with Gasteiger partial charge in [-0.2, -0.15) is 5.26 Å². The third-order valence-corrected chi connectivity index (χ3v) is 3.56. The van der Waals surface area contributed by atoms with Gasteiger partial charge in [0, 0.05) is 12.5 Å². The molecule has 100 valence electrons. The molecule has 1 aliphatic carbocycles. The Bertz CT molecular complexity index is 489. The van der Waals surface area contributed by atoms with Gasteiger partial charge in [-0.1, -0.05) is 31.0 Å². The molecule has 1 atom stereocenters. The quantitative estimate of drug-likeness (QED) is 0.904. The van der Waals surface area contributed by atoms with Gasteiger partial charge in [-0.3, -0.25) is 4.79 Å². The Morgan fingerprint density at radius 3 is 2.74 bits per heavy atom. The normalized spacial score (nSPS) is 16.8. The Morgan fingerprint density at radius 1 is 1.42 bits per heavy atom. The molecule has 1 saturated carbocycles. The van der Waals surface area contributed by atoms with E-state index >= 15 is 0 Å². The minimum atomic E-state index is -0.822. The van der Waals surface area contributed by atoms with Gasteiger partial charge in [-0.15, -0.1) is 0 Å². The summed E-state index contributed by atoms with van der Waals surface area (Å²) in [6.07, 6.45) is 4.32. The number of nitrogens with zero attached hydrogens (tertiary/aromatic N) is 1. The van der Waals surface area contributed by atoms with Crippen LogP contribution in [0.5, 0.6) is 0 Å². The van der Waals surface area contributed by atoms with Crippen molar-refractivity contribution in [2.75, 3.05) is 0 Å². The average Bonchev–Trinajstić information content (AvgIpc) is 2.90. The molecule has 1 aliphatic rings. The predicted octanol–water partition coefficient (Wildman–Crippen LogP) is 2.57. The number of hydrogen-bond donors (Lipinski definition) is 1. The fourth-order valence-corrected chi connectivity index (χ4v) is 2.45. The summed E-state index contributed by atoms with van der Waals surface area (Å²) in [5.41, 5.74) is 0.413. The highest BCUT2D eigenvalue weighted by molar-refractivity contribution is 5.81. The predicted molar refractivity (Wildman–Crippen MR) is 69.6 cm³/mol. The summed E-state index contributed by atoms with van der Waals surface area (Å²) >= 11 is 0. The third kappa shape index (κ3) is 3.54. The highest BCUT2D eigenvalue weighted by atomic mass is 19.1. The molecule has 2 rings (SSSR count). The molecule has 4 heteroatoms. The summed E-state index contributed by atoms with van der Waals surface area (Å²) in [5.74, 6) is -1.47. The molecule has 1 N–H and O–H groups in total. The van der Waals surface area contributed by atoms with Crippen LogP contribution in [0.1, 0.15) is 31.2 Å². The van der Waals surface area contributed by atoms with E-state index in [1.54, 1.807) is 18.2 Å². The van der Waals surface area contributed by atoms with Crippen LogP contribution in [-0.4, -0.2) is 11.9 Å². The lowest BCUT2D eigenvalue weighted by Gasteiger charge is -2.15. The zero-order valence-electron chi connectivity index (χ0n) is 10.7. The lowest BCUT2D eigenvalue weighted by Crippen LogP contribution is -2.37. The van der Waals surface area contributed by atoms with Gasteiger partial charge in [0.2, 0.25) is 5.91 Å². The Kier molecular flexibility index (Phi) is 4.51. The van der Waals surface area contributed by atoms with Crippen LogP contribution < -0.4 is 5.32 Å². The number of carbonyl (C=O) groups is 1. The second-order valence-electron chi connectivity index (χ2n) is 4.97. The highest BCUT2D eigenvalue weighted by Gasteiger charge is 2.24. The largest absolute Gasteiger partial charge is 0.352 e. The first-order valence-electron chi connectivity index (χ1n) is 6.64. The van der Waals surface area contributed by atoms with E-state index in [1.807, 2.05) is 6.07 Å². The molecular formula is C15H17FN2O. The highest BCUT2D eigenvalue weighted by Crippen LogP contribution is 2.19. The number of nitrogens with one attached hydrogen (secondary N) is 1. The monoisotopic (exact) mass is 260 g/mol. The summed E-state index contributed by atoms with van der Waals surface area (Å²) in [7, 11) is 0. The first kappa shape index (κ1) is 13.5. The molecule has 0 spiro atoms. The topological polar surface area (TPSA) is 52.9 Å². The fourth-order valence-electron chi connectivity index (χ4n) is 2.45. The number of benzene rings is 1. The van der Waals surface area contributed by atoms with Crippen molar-refractivity contribution in [3.05, 3.63) is 35.6 Å². The van der Waals surface area contributed by atoms with Crippen LogP contribution in [0.15, 0.2) is 24.3 Å². The lowest BCUT2D eigenvalue weighted by atomic mass is 9.99.